The van der Waals surface area contributed by atoms with Gasteiger partial charge < -0.3 is 8.98 Å². The molecular weight excluding hydrogens is 262 g/mol. The maximum Gasteiger partial charge on any atom is 0.284 e. The van der Waals surface area contributed by atoms with Crippen molar-refractivity contribution in [2.24, 2.45) is 0 Å². The molecule has 0 amide bonds. The van der Waals surface area contributed by atoms with E-state index in [1.54, 1.807) is 10.6 Å². The van der Waals surface area contributed by atoms with E-state index in [0.29, 0.717) is 12.1 Å². The summed E-state index contributed by atoms with van der Waals surface area (Å²) in [4.78, 5) is 12.7. The van der Waals surface area contributed by atoms with Gasteiger partial charge in [-0.1, -0.05) is 20.8 Å². The Morgan fingerprint density at radius 3 is 2.58 bits per heavy atom. The van der Waals surface area contributed by atoms with Gasteiger partial charge in [0.05, 0.1) is 0 Å². The van der Waals surface area contributed by atoms with Crippen LogP contribution in [0.5, 0.6) is 0 Å². The van der Waals surface area contributed by atoms with Gasteiger partial charge in [-0.05, 0) is 31.3 Å². The fraction of sp³-hybridized carbons (Fsp3) is 0.462. The molecular formula is C13H17N3O2S. The lowest BCUT2D eigenvalue weighted by molar-refractivity contribution is 0.508. The Morgan fingerprint density at radius 2 is 2.11 bits per heavy atom. The summed E-state index contributed by atoms with van der Waals surface area (Å²) in [5.41, 5.74) is 1.19. The highest BCUT2D eigenvalue weighted by Gasteiger charge is 2.21. The Bertz CT molecular complexity index is 704. The summed E-state index contributed by atoms with van der Waals surface area (Å²) >= 11 is 4.83. The molecule has 2 aromatic heterocycles. The van der Waals surface area contributed by atoms with Crippen LogP contribution in [0, 0.1) is 4.84 Å². The molecule has 0 saturated carbocycles. The van der Waals surface area contributed by atoms with Gasteiger partial charge in [-0.25, -0.2) is 5.10 Å². The molecule has 0 aliphatic carbocycles. The number of nitrogens with zero attached hydrogens (tertiary/aromatic N) is 2. The van der Waals surface area contributed by atoms with Crippen molar-refractivity contribution < 1.29 is 4.42 Å². The van der Waals surface area contributed by atoms with Gasteiger partial charge in [0.25, 0.3) is 16.3 Å². The smallest absolute Gasteiger partial charge is 0.284 e. The van der Waals surface area contributed by atoms with E-state index in [2.05, 4.69) is 31.0 Å². The predicted octanol–water partition coefficient (Wildman–Crippen LogP) is 2.88. The highest BCUT2D eigenvalue weighted by molar-refractivity contribution is 7.71. The van der Waals surface area contributed by atoms with Gasteiger partial charge in [0.1, 0.15) is 5.56 Å². The van der Waals surface area contributed by atoms with Crippen LogP contribution in [0.3, 0.4) is 0 Å². The number of hydrogen-bond acceptors (Lipinski definition) is 4. The molecule has 2 heterocycles. The van der Waals surface area contributed by atoms with Crippen molar-refractivity contribution >= 4 is 12.2 Å². The topological polar surface area (TPSA) is 63.8 Å². The lowest BCUT2D eigenvalue weighted by atomic mass is 9.90. The van der Waals surface area contributed by atoms with E-state index in [-0.39, 0.29) is 21.7 Å². The molecule has 0 fully saturated rings. The number of aromatic nitrogens is 3. The molecule has 2 aromatic rings. The molecule has 0 aromatic carbocycles. The summed E-state index contributed by atoms with van der Waals surface area (Å²) in [5.74, 6) is 0.234. The second-order valence-corrected chi connectivity index (χ2v) is 5.72. The average Bonchev–Trinajstić information content (AvgIpc) is 2.74. The van der Waals surface area contributed by atoms with E-state index in [9.17, 15) is 4.79 Å². The second kappa shape index (κ2) is 4.77. The SMILES string of the molecule is CCn1c(C(C)(C)C)ccc(-c2n[nH]c(=S)o2)c1=O. The molecule has 2 rings (SSSR count). The van der Waals surface area contributed by atoms with E-state index in [4.69, 9.17) is 16.6 Å². The van der Waals surface area contributed by atoms with Crippen molar-refractivity contribution in [3.05, 3.63) is 33.0 Å². The third kappa shape index (κ3) is 2.53. The number of H-pyrrole nitrogens is 1. The van der Waals surface area contributed by atoms with Crippen LogP contribution in [-0.2, 0) is 12.0 Å². The minimum atomic E-state index is -0.111. The van der Waals surface area contributed by atoms with Gasteiger partial charge >= 0.3 is 0 Å². The van der Waals surface area contributed by atoms with E-state index >= 15 is 0 Å². The zero-order chi connectivity index (χ0) is 14.2. The van der Waals surface area contributed by atoms with E-state index < -0.39 is 0 Å². The molecule has 0 aliphatic heterocycles. The van der Waals surface area contributed by atoms with Gasteiger partial charge in [0.2, 0.25) is 0 Å². The summed E-state index contributed by atoms with van der Waals surface area (Å²) in [5, 5.41) is 6.43. The molecule has 0 unspecified atom stereocenters. The van der Waals surface area contributed by atoms with Crippen LogP contribution in [-0.4, -0.2) is 14.8 Å². The zero-order valence-corrected chi connectivity index (χ0v) is 12.3. The molecule has 102 valence electrons. The summed E-state index contributed by atoms with van der Waals surface area (Å²) in [6, 6.07) is 3.68. The molecule has 0 radical (unpaired) electrons. The Labute approximate surface area is 116 Å². The number of aromatic amines is 1. The van der Waals surface area contributed by atoms with E-state index in [1.165, 1.54) is 0 Å². The Balaban J connectivity index is 2.69. The maximum absolute atomic E-state index is 12.5. The summed E-state index contributed by atoms with van der Waals surface area (Å²) < 4.78 is 6.95. The molecule has 0 atom stereocenters. The van der Waals surface area contributed by atoms with Crippen LogP contribution >= 0.6 is 12.2 Å². The minimum absolute atomic E-state index is 0.0976. The summed E-state index contributed by atoms with van der Waals surface area (Å²) in [7, 11) is 0. The van der Waals surface area contributed by atoms with Gasteiger partial charge in [-0.15, -0.1) is 5.10 Å². The molecule has 6 heteroatoms. The lowest BCUT2D eigenvalue weighted by Gasteiger charge is -2.23. The number of hydrogen-bond donors (Lipinski definition) is 1. The standard InChI is InChI=1S/C13H17N3O2S/c1-5-16-9(13(2,3)4)7-6-8(11(16)17)10-14-15-12(19)18-10/h6-7H,5H2,1-4H3,(H,15,19). The Kier molecular flexibility index (Phi) is 3.45. The molecule has 19 heavy (non-hydrogen) atoms. The first-order chi connectivity index (χ1) is 8.84. The molecule has 0 saturated heterocycles. The fourth-order valence-electron chi connectivity index (χ4n) is 2.05. The quantitative estimate of drug-likeness (QED) is 0.859. The zero-order valence-electron chi connectivity index (χ0n) is 11.5. The van der Waals surface area contributed by atoms with Crippen molar-refractivity contribution in [2.45, 2.75) is 39.7 Å². The molecule has 0 spiro atoms. The highest BCUT2D eigenvalue weighted by atomic mass is 32.1. The minimum Gasteiger partial charge on any atom is -0.409 e. The third-order valence-corrected chi connectivity index (χ3v) is 3.10. The number of nitrogens with one attached hydrogen (secondary N) is 1. The lowest BCUT2D eigenvalue weighted by Crippen LogP contribution is -2.30. The van der Waals surface area contributed by atoms with Gasteiger partial charge in [0, 0.05) is 17.7 Å². The third-order valence-electron chi connectivity index (χ3n) is 2.93. The average molecular weight is 279 g/mol. The molecule has 5 nitrogen and oxygen atoms in total. The van der Waals surface area contributed by atoms with Crippen LogP contribution in [0.25, 0.3) is 11.5 Å². The first-order valence-corrected chi connectivity index (χ1v) is 6.55. The van der Waals surface area contributed by atoms with Crippen LogP contribution in [0.15, 0.2) is 21.3 Å². The monoisotopic (exact) mass is 279 g/mol. The summed E-state index contributed by atoms with van der Waals surface area (Å²) in [6.45, 7) is 8.78. The van der Waals surface area contributed by atoms with Crippen molar-refractivity contribution in [1.29, 1.82) is 0 Å². The van der Waals surface area contributed by atoms with Gasteiger partial charge in [-0.2, -0.15) is 0 Å². The first-order valence-electron chi connectivity index (χ1n) is 6.14. The predicted molar refractivity (Wildman–Crippen MR) is 75.8 cm³/mol. The Morgan fingerprint density at radius 1 is 1.42 bits per heavy atom. The van der Waals surface area contributed by atoms with Crippen LogP contribution in [0.4, 0.5) is 0 Å². The van der Waals surface area contributed by atoms with Gasteiger partial charge in [-0.3, -0.25) is 4.79 Å². The largest absolute Gasteiger partial charge is 0.409 e. The molecule has 0 aliphatic rings. The van der Waals surface area contributed by atoms with Crippen LogP contribution in [0.1, 0.15) is 33.4 Å². The van der Waals surface area contributed by atoms with E-state index in [1.807, 2.05) is 13.0 Å². The van der Waals surface area contributed by atoms with Crippen LogP contribution in [0.2, 0.25) is 0 Å². The maximum atomic E-state index is 12.5. The first kappa shape index (κ1) is 13.7. The summed E-state index contributed by atoms with van der Waals surface area (Å²) in [6.07, 6.45) is 0. The van der Waals surface area contributed by atoms with Crippen molar-refractivity contribution in [1.82, 2.24) is 14.8 Å². The number of pyridine rings is 1. The second-order valence-electron chi connectivity index (χ2n) is 5.35. The van der Waals surface area contributed by atoms with Crippen molar-refractivity contribution in [3.8, 4) is 11.5 Å². The molecule has 1 N–H and O–H groups in total. The van der Waals surface area contributed by atoms with Crippen LogP contribution < -0.4 is 5.56 Å². The number of rotatable bonds is 2. The van der Waals surface area contributed by atoms with E-state index in [0.717, 1.165) is 5.69 Å². The molecule has 0 bridgehead atoms. The normalized spacial score (nSPS) is 11.8. The highest BCUT2D eigenvalue weighted by Crippen LogP contribution is 2.23. The Hall–Kier alpha value is -1.69. The van der Waals surface area contributed by atoms with Crippen molar-refractivity contribution in [3.63, 3.8) is 0 Å². The fourth-order valence-corrected chi connectivity index (χ4v) is 2.18. The van der Waals surface area contributed by atoms with Crippen molar-refractivity contribution in [2.75, 3.05) is 0 Å². The van der Waals surface area contributed by atoms with Gasteiger partial charge in [0.15, 0.2) is 0 Å².